The molecule has 0 spiro atoms. The zero-order valence-electron chi connectivity index (χ0n) is 25.0. The summed E-state index contributed by atoms with van der Waals surface area (Å²) in [5, 5.41) is 4.32. The van der Waals surface area contributed by atoms with E-state index in [1.54, 1.807) is 29.8 Å². The van der Waals surface area contributed by atoms with E-state index in [1.807, 2.05) is 12.3 Å². The van der Waals surface area contributed by atoms with E-state index >= 15 is 4.39 Å². The van der Waals surface area contributed by atoms with Gasteiger partial charge in [-0.2, -0.15) is 5.10 Å². The summed E-state index contributed by atoms with van der Waals surface area (Å²) in [7, 11) is 0. The number of anilines is 1. The average Bonchev–Trinajstić information content (AvgIpc) is 3.54. The number of fused-ring (bicyclic) bond motifs is 1. The van der Waals surface area contributed by atoms with E-state index < -0.39 is 28.7 Å². The Balaban J connectivity index is 1.27. The minimum absolute atomic E-state index is 0.0541. The highest BCUT2D eigenvalue weighted by atomic mass is 19.1. The fourth-order valence-corrected chi connectivity index (χ4v) is 5.27. The lowest BCUT2D eigenvalue weighted by molar-refractivity contribution is 0.0988. The summed E-state index contributed by atoms with van der Waals surface area (Å²) >= 11 is 0. The number of nitrogens with zero attached hydrogens (tertiary/aromatic N) is 5. The first-order valence-electron chi connectivity index (χ1n) is 14.8. The maximum absolute atomic E-state index is 15.4. The highest BCUT2D eigenvalue weighted by Gasteiger charge is 2.21. The Morgan fingerprint density at radius 3 is 2.48 bits per heavy atom. The van der Waals surface area contributed by atoms with Gasteiger partial charge >= 0.3 is 5.69 Å². The number of morpholine rings is 1. The molecule has 0 atom stereocenters. The molecule has 238 valence electrons. The third kappa shape index (κ3) is 6.46. The lowest BCUT2D eigenvalue weighted by Crippen LogP contribution is -2.42. The van der Waals surface area contributed by atoms with Crippen LogP contribution in [0.5, 0.6) is 11.5 Å². The summed E-state index contributed by atoms with van der Waals surface area (Å²) in [5.41, 5.74) is 0.0628. The molecule has 1 aliphatic heterocycles. The summed E-state index contributed by atoms with van der Waals surface area (Å²) in [6.07, 6.45) is 4.37. The van der Waals surface area contributed by atoms with Crippen LogP contribution in [0.25, 0.3) is 11.2 Å². The zero-order valence-corrected chi connectivity index (χ0v) is 25.0. The van der Waals surface area contributed by atoms with Crippen LogP contribution in [0.2, 0.25) is 0 Å². The Kier molecular flexibility index (Phi) is 9.04. The smallest absolute Gasteiger partial charge is 0.335 e. The normalized spacial score (nSPS) is 13.3. The van der Waals surface area contributed by atoms with Crippen LogP contribution in [0.1, 0.15) is 22.8 Å². The van der Waals surface area contributed by atoms with E-state index in [9.17, 15) is 18.8 Å². The standard InChI is InChI=1S/C33H31F2N5O6/c1-2-44-14-13-38-21-26(32(42)40(33(38)43)24-6-4-23(34)5-7-24)29(41)18-22-3-8-30(27(35)17-22)46-31-19-25(37-11-15-45-16-12-37)20-39-28(31)9-10-36-39/h3-10,17,19-21H,2,11-16,18H2,1H3. The molecule has 4 heterocycles. The second kappa shape index (κ2) is 13.5. The number of Topliss-reactive ketones (excluding diaryl/α,β-unsaturated/α-hetero) is 1. The number of pyridine rings is 1. The number of ketones is 1. The average molecular weight is 632 g/mol. The van der Waals surface area contributed by atoms with Crippen molar-refractivity contribution in [1.82, 2.24) is 18.7 Å². The first-order chi connectivity index (χ1) is 22.3. The summed E-state index contributed by atoms with van der Waals surface area (Å²) in [4.78, 5) is 42.2. The van der Waals surface area contributed by atoms with E-state index in [1.165, 1.54) is 35.0 Å². The second-order valence-electron chi connectivity index (χ2n) is 10.6. The molecule has 2 aromatic carbocycles. The minimum Gasteiger partial charge on any atom is -0.452 e. The number of ether oxygens (including phenoxy) is 3. The van der Waals surface area contributed by atoms with Crippen molar-refractivity contribution in [2.75, 3.05) is 44.4 Å². The molecule has 11 nitrogen and oxygen atoms in total. The second-order valence-corrected chi connectivity index (χ2v) is 10.6. The molecule has 5 aromatic rings. The third-order valence-electron chi connectivity index (χ3n) is 7.63. The first kappa shape index (κ1) is 30.9. The van der Waals surface area contributed by atoms with Crippen molar-refractivity contribution < 1.29 is 27.8 Å². The fourth-order valence-electron chi connectivity index (χ4n) is 5.27. The van der Waals surface area contributed by atoms with Crippen LogP contribution in [-0.2, 0) is 22.4 Å². The number of rotatable bonds is 11. The van der Waals surface area contributed by atoms with Gasteiger partial charge in [0.1, 0.15) is 16.9 Å². The molecule has 1 aliphatic rings. The Morgan fingerprint density at radius 2 is 1.74 bits per heavy atom. The molecule has 13 heteroatoms. The fraction of sp³-hybridized carbons (Fsp3) is 0.273. The number of benzene rings is 2. The van der Waals surface area contributed by atoms with Gasteiger partial charge in [-0.15, -0.1) is 0 Å². The number of carbonyl (C=O) groups is 1. The summed E-state index contributed by atoms with van der Waals surface area (Å²) < 4.78 is 49.5. The molecule has 1 fully saturated rings. The monoisotopic (exact) mass is 631 g/mol. The lowest BCUT2D eigenvalue weighted by Gasteiger charge is -2.29. The number of hydrogen-bond donors (Lipinski definition) is 0. The van der Waals surface area contributed by atoms with Crippen molar-refractivity contribution in [2.45, 2.75) is 19.9 Å². The van der Waals surface area contributed by atoms with Gasteiger partial charge in [0.15, 0.2) is 23.1 Å². The molecular formula is C33H31F2N5O6. The van der Waals surface area contributed by atoms with E-state index in [0.29, 0.717) is 49.7 Å². The molecule has 0 radical (unpaired) electrons. The van der Waals surface area contributed by atoms with Gasteiger partial charge in [-0.3, -0.25) is 14.2 Å². The van der Waals surface area contributed by atoms with Crippen LogP contribution < -0.4 is 20.9 Å². The molecular weight excluding hydrogens is 600 g/mol. The van der Waals surface area contributed by atoms with Gasteiger partial charge in [0.2, 0.25) is 0 Å². The van der Waals surface area contributed by atoms with Crippen molar-refractivity contribution >= 4 is 17.0 Å². The quantitative estimate of drug-likeness (QED) is 0.159. The van der Waals surface area contributed by atoms with Crippen LogP contribution >= 0.6 is 0 Å². The van der Waals surface area contributed by atoms with Crippen molar-refractivity contribution in [3.63, 3.8) is 0 Å². The molecule has 0 saturated carbocycles. The van der Waals surface area contributed by atoms with Crippen LogP contribution in [0.15, 0.2) is 82.8 Å². The van der Waals surface area contributed by atoms with Gasteiger partial charge < -0.3 is 19.1 Å². The summed E-state index contributed by atoms with van der Waals surface area (Å²) in [6, 6.07) is 12.5. The molecule has 0 N–H and O–H groups in total. The van der Waals surface area contributed by atoms with Gasteiger partial charge in [-0.1, -0.05) is 6.07 Å². The van der Waals surface area contributed by atoms with Crippen molar-refractivity contribution in [2.24, 2.45) is 0 Å². The number of carbonyl (C=O) groups excluding carboxylic acids is 1. The van der Waals surface area contributed by atoms with Crippen LogP contribution in [0.3, 0.4) is 0 Å². The van der Waals surface area contributed by atoms with E-state index in [0.717, 1.165) is 22.4 Å². The minimum atomic E-state index is -0.861. The predicted molar refractivity (Wildman–Crippen MR) is 165 cm³/mol. The largest absolute Gasteiger partial charge is 0.452 e. The zero-order chi connectivity index (χ0) is 32.2. The highest BCUT2D eigenvalue weighted by molar-refractivity contribution is 5.97. The molecule has 3 aromatic heterocycles. The third-order valence-corrected chi connectivity index (χ3v) is 7.63. The topological polar surface area (TPSA) is 109 Å². The summed E-state index contributed by atoms with van der Waals surface area (Å²) in [6.45, 7) is 5.03. The highest BCUT2D eigenvalue weighted by Crippen LogP contribution is 2.32. The number of hydrogen-bond acceptors (Lipinski definition) is 8. The molecule has 6 rings (SSSR count). The van der Waals surface area contributed by atoms with Gasteiger partial charge in [-0.05, 0) is 55.0 Å². The van der Waals surface area contributed by atoms with Crippen LogP contribution in [-0.4, -0.2) is 64.0 Å². The Bertz CT molecular complexity index is 2000. The van der Waals surface area contributed by atoms with Crippen molar-refractivity contribution in [1.29, 1.82) is 0 Å². The lowest BCUT2D eigenvalue weighted by atomic mass is 10.0. The number of aromatic nitrogens is 4. The molecule has 0 unspecified atom stereocenters. The van der Waals surface area contributed by atoms with E-state index in [4.69, 9.17) is 14.2 Å². The Morgan fingerprint density at radius 1 is 0.957 bits per heavy atom. The van der Waals surface area contributed by atoms with Crippen molar-refractivity contribution in [3.05, 3.63) is 117 Å². The van der Waals surface area contributed by atoms with Crippen LogP contribution in [0.4, 0.5) is 14.5 Å². The van der Waals surface area contributed by atoms with Gasteiger partial charge in [0.25, 0.3) is 5.56 Å². The van der Waals surface area contributed by atoms with E-state index in [2.05, 4.69) is 10.00 Å². The molecule has 0 aliphatic carbocycles. The van der Waals surface area contributed by atoms with Gasteiger partial charge in [-0.25, -0.2) is 22.7 Å². The predicted octanol–water partition coefficient (Wildman–Crippen LogP) is 4.02. The van der Waals surface area contributed by atoms with Gasteiger partial charge in [0, 0.05) is 38.4 Å². The molecule has 1 saturated heterocycles. The van der Waals surface area contributed by atoms with Crippen molar-refractivity contribution in [3.8, 4) is 17.2 Å². The first-order valence-corrected chi connectivity index (χ1v) is 14.8. The summed E-state index contributed by atoms with van der Waals surface area (Å²) in [5.74, 6) is -1.53. The Hall–Kier alpha value is -5.14. The number of halogens is 2. The SMILES string of the molecule is CCOCCn1cc(C(=O)Cc2ccc(Oc3cc(N4CCOCC4)cn4nccc34)c(F)c2)c(=O)n(-c2ccc(F)cc2)c1=O. The molecule has 0 bridgehead atoms. The Labute approximate surface area is 261 Å². The van der Waals surface area contributed by atoms with Crippen LogP contribution in [0, 0.1) is 11.6 Å². The molecule has 0 amide bonds. The van der Waals surface area contributed by atoms with Gasteiger partial charge in [0.05, 0.1) is 50.1 Å². The van der Waals surface area contributed by atoms with E-state index in [-0.39, 0.29) is 36.6 Å². The maximum Gasteiger partial charge on any atom is 0.335 e. The molecule has 46 heavy (non-hydrogen) atoms. The maximum atomic E-state index is 15.4.